The zero-order valence-corrected chi connectivity index (χ0v) is 13.5. The molecule has 1 aliphatic rings. The molecule has 0 aliphatic carbocycles. The van der Waals surface area contributed by atoms with Gasteiger partial charge in [0.1, 0.15) is 11.4 Å². The normalized spacial score (nSPS) is 20.2. The largest absolute Gasteiger partial charge is 0.371 e. The second kappa shape index (κ2) is 5.21. The molecule has 0 saturated heterocycles. The summed E-state index contributed by atoms with van der Waals surface area (Å²) >= 11 is 0. The molecule has 3 nitrogen and oxygen atoms in total. The standard InChI is InChI=1S/C17H26N2O/c1-16(2,3)14-12-19(13-10-8-7-9-11-13)15(18-14)17(4,5)20-6/h7-11,14H,12H2,1-6H3. The lowest BCUT2D eigenvalue weighted by molar-refractivity contribution is 0.0817. The molecule has 1 heterocycles. The highest BCUT2D eigenvalue weighted by molar-refractivity contribution is 6.05. The molecule has 1 atom stereocenters. The highest BCUT2D eigenvalue weighted by Gasteiger charge is 2.40. The van der Waals surface area contributed by atoms with Gasteiger partial charge >= 0.3 is 0 Å². The summed E-state index contributed by atoms with van der Waals surface area (Å²) in [6, 6.07) is 10.7. The lowest BCUT2D eigenvalue weighted by atomic mass is 9.87. The molecule has 1 aromatic carbocycles. The first kappa shape index (κ1) is 15.0. The monoisotopic (exact) mass is 274 g/mol. The van der Waals surface area contributed by atoms with E-state index >= 15 is 0 Å². The van der Waals surface area contributed by atoms with Crippen LogP contribution in [0.25, 0.3) is 0 Å². The average Bonchev–Trinajstić information content (AvgIpc) is 2.85. The van der Waals surface area contributed by atoms with Crippen LogP contribution >= 0.6 is 0 Å². The molecule has 0 radical (unpaired) electrons. The smallest absolute Gasteiger partial charge is 0.136 e. The quantitative estimate of drug-likeness (QED) is 0.838. The maximum Gasteiger partial charge on any atom is 0.136 e. The third-order valence-corrected chi connectivity index (χ3v) is 4.01. The number of para-hydroxylation sites is 1. The van der Waals surface area contributed by atoms with E-state index < -0.39 is 0 Å². The summed E-state index contributed by atoms with van der Waals surface area (Å²) in [4.78, 5) is 7.27. The van der Waals surface area contributed by atoms with E-state index in [1.54, 1.807) is 7.11 Å². The predicted octanol–water partition coefficient (Wildman–Crippen LogP) is 3.74. The van der Waals surface area contributed by atoms with Crippen LogP contribution in [0.4, 0.5) is 5.69 Å². The van der Waals surface area contributed by atoms with Gasteiger partial charge in [0, 0.05) is 19.3 Å². The Kier molecular flexibility index (Phi) is 3.92. The molecular formula is C17H26N2O. The fourth-order valence-electron chi connectivity index (χ4n) is 2.39. The second-order valence-electron chi connectivity index (χ2n) is 7.00. The lowest BCUT2D eigenvalue weighted by Gasteiger charge is -2.31. The average molecular weight is 274 g/mol. The van der Waals surface area contributed by atoms with Crippen LogP contribution in [0.1, 0.15) is 34.6 Å². The van der Waals surface area contributed by atoms with Crippen LogP contribution in [-0.4, -0.2) is 31.1 Å². The van der Waals surface area contributed by atoms with E-state index in [2.05, 4.69) is 63.8 Å². The van der Waals surface area contributed by atoms with Crippen molar-refractivity contribution in [2.75, 3.05) is 18.6 Å². The summed E-state index contributed by atoms with van der Waals surface area (Å²) in [5.41, 5.74) is 0.956. The maximum absolute atomic E-state index is 5.66. The Morgan fingerprint density at radius 3 is 2.20 bits per heavy atom. The number of amidine groups is 1. The molecule has 0 saturated carbocycles. The predicted molar refractivity (Wildman–Crippen MR) is 85.6 cm³/mol. The topological polar surface area (TPSA) is 24.8 Å². The zero-order chi connectivity index (χ0) is 15.0. The van der Waals surface area contributed by atoms with E-state index in [9.17, 15) is 0 Å². The van der Waals surface area contributed by atoms with E-state index in [-0.39, 0.29) is 17.1 Å². The molecule has 1 unspecified atom stereocenters. The molecule has 110 valence electrons. The number of aliphatic imine (C=N–C) groups is 1. The summed E-state index contributed by atoms with van der Waals surface area (Å²) in [5.74, 6) is 1.02. The van der Waals surface area contributed by atoms with E-state index in [4.69, 9.17) is 9.73 Å². The molecule has 0 amide bonds. The molecule has 1 aliphatic heterocycles. The SMILES string of the molecule is COC(C)(C)C1=NC(C(C)(C)C)CN1c1ccccc1. The van der Waals surface area contributed by atoms with E-state index in [1.807, 2.05) is 6.07 Å². The van der Waals surface area contributed by atoms with Gasteiger partial charge in [-0.25, -0.2) is 0 Å². The van der Waals surface area contributed by atoms with Gasteiger partial charge in [0.25, 0.3) is 0 Å². The highest BCUT2D eigenvalue weighted by Crippen LogP contribution is 2.33. The first-order valence-electron chi connectivity index (χ1n) is 7.22. The van der Waals surface area contributed by atoms with Crippen molar-refractivity contribution in [1.29, 1.82) is 0 Å². The van der Waals surface area contributed by atoms with Gasteiger partial charge in [0.05, 0.1) is 6.04 Å². The molecule has 1 aromatic rings. The first-order chi connectivity index (χ1) is 9.25. The highest BCUT2D eigenvalue weighted by atomic mass is 16.5. The number of benzene rings is 1. The third-order valence-electron chi connectivity index (χ3n) is 4.01. The van der Waals surface area contributed by atoms with Crippen molar-refractivity contribution in [2.45, 2.75) is 46.3 Å². The van der Waals surface area contributed by atoms with Crippen molar-refractivity contribution in [3.8, 4) is 0 Å². The Balaban J connectivity index is 2.40. The molecule has 0 N–H and O–H groups in total. The summed E-state index contributed by atoms with van der Waals surface area (Å²) in [5, 5.41) is 0. The zero-order valence-electron chi connectivity index (χ0n) is 13.5. The Morgan fingerprint density at radius 2 is 1.70 bits per heavy atom. The van der Waals surface area contributed by atoms with Gasteiger partial charge in [-0.3, -0.25) is 4.99 Å². The molecule has 0 aromatic heterocycles. The van der Waals surface area contributed by atoms with Gasteiger partial charge in [-0.1, -0.05) is 39.0 Å². The Morgan fingerprint density at radius 1 is 1.10 bits per heavy atom. The number of hydrogen-bond acceptors (Lipinski definition) is 3. The van der Waals surface area contributed by atoms with Crippen molar-refractivity contribution in [2.24, 2.45) is 10.4 Å². The molecule has 0 bridgehead atoms. The minimum Gasteiger partial charge on any atom is -0.371 e. The van der Waals surface area contributed by atoms with Gasteiger partial charge in [-0.15, -0.1) is 0 Å². The van der Waals surface area contributed by atoms with E-state index in [0.717, 1.165) is 12.4 Å². The molecule has 0 spiro atoms. The van der Waals surface area contributed by atoms with E-state index in [1.165, 1.54) is 5.69 Å². The summed E-state index contributed by atoms with van der Waals surface area (Å²) in [7, 11) is 1.75. The number of rotatable bonds is 3. The van der Waals surface area contributed by atoms with Crippen LogP contribution in [0.15, 0.2) is 35.3 Å². The van der Waals surface area contributed by atoms with Gasteiger partial charge in [-0.2, -0.15) is 0 Å². The van der Waals surface area contributed by atoms with Gasteiger partial charge < -0.3 is 9.64 Å². The molecule has 20 heavy (non-hydrogen) atoms. The van der Waals surface area contributed by atoms with Crippen LogP contribution in [0.2, 0.25) is 0 Å². The molecule has 2 rings (SSSR count). The van der Waals surface area contributed by atoms with Crippen LogP contribution in [0.3, 0.4) is 0 Å². The first-order valence-corrected chi connectivity index (χ1v) is 7.22. The minimum atomic E-state index is -0.379. The fraction of sp³-hybridized carbons (Fsp3) is 0.588. The summed E-state index contributed by atoms with van der Waals surface area (Å²) in [6.07, 6.45) is 0. The van der Waals surface area contributed by atoms with Crippen LogP contribution in [0.5, 0.6) is 0 Å². The van der Waals surface area contributed by atoms with Crippen molar-refractivity contribution >= 4 is 11.5 Å². The third kappa shape index (κ3) is 2.88. The number of nitrogens with zero attached hydrogens (tertiary/aromatic N) is 2. The molecular weight excluding hydrogens is 248 g/mol. The van der Waals surface area contributed by atoms with Crippen LogP contribution < -0.4 is 4.90 Å². The Labute approximate surface area is 122 Å². The molecule has 3 heteroatoms. The minimum absolute atomic E-state index is 0.151. The maximum atomic E-state index is 5.66. The molecule has 0 fully saturated rings. The van der Waals surface area contributed by atoms with E-state index in [0.29, 0.717) is 0 Å². The number of anilines is 1. The Bertz CT molecular complexity index is 485. The van der Waals surface area contributed by atoms with Gasteiger partial charge in [0.2, 0.25) is 0 Å². The van der Waals surface area contributed by atoms with Crippen LogP contribution in [-0.2, 0) is 4.74 Å². The number of methoxy groups -OCH3 is 1. The Hall–Kier alpha value is -1.35. The summed E-state index contributed by atoms with van der Waals surface area (Å²) < 4.78 is 5.66. The van der Waals surface area contributed by atoms with Crippen molar-refractivity contribution in [3.63, 3.8) is 0 Å². The summed E-state index contributed by atoms with van der Waals surface area (Å²) in [6.45, 7) is 11.8. The van der Waals surface area contributed by atoms with Gasteiger partial charge in [0.15, 0.2) is 0 Å². The van der Waals surface area contributed by atoms with Crippen molar-refractivity contribution in [3.05, 3.63) is 30.3 Å². The fourth-order valence-corrected chi connectivity index (χ4v) is 2.39. The lowest BCUT2D eigenvalue weighted by Crippen LogP contribution is -2.44. The van der Waals surface area contributed by atoms with Crippen molar-refractivity contribution < 1.29 is 4.74 Å². The second-order valence-corrected chi connectivity index (χ2v) is 7.00. The van der Waals surface area contributed by atoms with Gasteiger partial charge in [-0.05, 0) is 31.4 Å². The van der Waals surface area contributed by atoms with Crippen molar-refractivity contribution in [1.82, 2.24) is 0 Å². The number of ether oxygens (including phenoxy) is 1. The number of hydrogen-bond donors (Lipinski definition) is 0. The van der Waals surface area contributed by atoms with Crippen LogP contribution in [0, 0.1) is 5.41 Å².